The number of hydrogen-bond acceptors (Lipinski definition) is 5. The molecule has 2 aromatic rings. The lowest BCUT2D eigenvalue weighted by atomic mass is 9.92. The number of aromatic nitrogens is 3. The predicted molar refractivity (Wildman–Crippen MR) is 94.2 cm³/mol. The minimum Gasteiger partial charge on any atom is -0.368 e. The molecule has 3 heterocycles. The van der Waals surface area contributed by atoms with E-state index in [9.17, 15) is 4.79 Å². The standard InChI is InChI=1S/C16H20N6O.ClH/c17-15(23)12-8-22(10-3-5-19-6-4-10)14-11(12)2-1-9-7-20-16(18)21-13(9)14;/h7-8,10,19H,1-6H2,(H2,17,23)(H2,18,20,21);1H. The Morgan fingerprint density at radius 1 is 1.29 bits per heavy atom. The van der Waals surface area contributed by atoms with Gasteiger partial charge >= 0.3 is 0 Å². The second-order valence-corrected chi connectivity index (χ2v) is 6.22. The summed E-state index contributed by atoms with van der Waals surface area (Å²) in [5, 5.41) is 3.37. The first-order chi connectivity index (χ1) is 11.1. The van der Waals surface area contributed by atoms with E-state index in [2.05, 4.69) is 19.9 Å². The zero-order valence-corrected chi connectivity index (χ0v) is 14.1. The Balaban J connectivity index is 0.00000169. The fourth-order valence-electron chi connectivity index (χ4n) is 3.74. The van der Waals surface area contributed by atoms with Crippen LogP contribution < -0.4 is 16.8 Å². The monoisotopic (exact) mass is 348 g/mol. The van der Waals surface area contributed by atoms with Crippen molar-refractivity contribution in [2.45, 2.75) is 31.7 Å². The second-order valence-electron chi connectivity index (χ2n) is 6.22. The molecule has 0 spiro atoms. The molecule has 0 bridgehead atoms. The minimum atomic E-state index is -0.376. The maximum absolute atomic E-state index is 11.9. The molecule has 1 aliphatic carbocycles. The number of piperidine rings is 1. The molecule has 8 heteroatoms. The number of nitrogen functional groups attached to an aromatic ring is 1. The SMILES string of the molecule is Cl.NC(=O)c1cn(C2CCNCC2)c2c1CCc1cnc(N)nc1-2. The highest BCUT2D eigenvalue weighted by Crippen LogP contribution is 2.38. The van der Waals surface area contributed by atoms with E-state index in [-0.39, 0.29) is 24.3 Å². The van der Waals surface area contributed by atoms with Crippen LogP contribution in [0.1, 0.15) is 40.4 Å². The molecule has 2 aromatic heterocycles. The van der Waals surface area contributed by atoms with Crippen LogP contribution in [0.3, 0.4) is 0 Å². The van der Waals surface area contributed by atoms with E-state index < -0.39 is 0 Å². The summed E-state index contributed by atoms with van der Waals surface area (Å²) in [6.07, 6.45) is 7.34. The van der Waals surface area contributed by atoms with Gasteiger partial charge in [0.25, 0.3) is 5.91 Å². The van der Waals surface area contributed by atoms with E-state index in [0.717, 1.165) is 61.3 Å². The third kappa shape index (κ3) is 2.63. The van der Waals surface area contributed by atoms with Crippen LogP contribution in [0.2, 0.25) is 0 Å². The van der Waals surface area contributed by atoms with Crippen molar-refractivity contribution >= 4 is 24.3 Å². The van der Waals surface area contributed by atoms with Gasteiger partial charge in [0, 0.05) is 18.4 Å². The Bertz CT molecular complexity index is 781. The molecule has 0 aromatic carbocycles. The van der Waals surface area contributed by atoms with E-state index in [4.69, 9.17) is 11.5 Å². The van der Waals surface area contributed by atoms with Gasteiger partial charge < -0.3 is 21.4 Å². The first kappa shape index (κ1) is 16.7. The van der Waals surface area contributed by atoms with Crippen molar-refractivity contribution in [1.29, 1.82) is 0 Å². The highest BCUT2D eigenvalue weighted by molar-refractivity contribution is 5.96. The fourth-order valence-corrected chi connectivity index (χ4v) is 3.74. The first-order valence-electron chi connectivity index (χ1n) is 8.01. The number of nitrogens with two attached hydrogens (primary N) is 2. The lowest BCUT2D eigenvalue weighted by molar-refractivity contribution is 0.0999. The number of halogens is 1. The van der Waals surface area contributed by atoms with Gasteiger partial charge in [0.15, 0.2) is 0 Å². The summed E-state index contributed by atoms with van der Waals surface area (Å²) < 4.78 is 2.20. The number of hydrogen-bond donors (Lipinski definition) is 3. The Kier molecular flexibility index (Phi) is 4.47. The van der Waals surface area contributed by atoms with Crippen LogP contribution in [0, 0.1) is 0 Å². The normalized spacial score (nSPS) is 16.8. The smallest absolute Gasteiger partial charge is 0.250 e. The molecule has 4 rings (SSSR count). The molecule has 5 N–H and O–H groups in total. The predicted octanol–water partition coefficient (Wildman–Crippen LogP) is 1.07. The topological polar surface area (TPSA) is 112 Å². The van der Waals surface area contributed by atoms with Gasteiger partial charge in [-0.05, 0) is 49.9 Å². The quantitative estimate of drug-likeness (QED) is 0.751. The van der Waals surface area contributed by atoms with Crippen molar-refractivity contribution in [1.82, 2.24) is 19.9 Å². The van der Waals surface area contributed by atoms with Gasteiger partial charge in [0.1, 0.15) is 0 Å². The highest BCUT2D eigenvalue weighted by Gasteiger charge is 2.30. The minimum absolute atomic E-state index is 0. The van der Waals surface area contributed by atoms with Crippen molar-refractivity contribution in [3.63, 3.8) is 0 Å². The van der Waals surface area contributed by atoms with Crippen LogP contribution in [0.4, 0.5) is 5.95 Å². The molecule has 1 amide bonds. The van der Waals surface area contributed by atoms with Gasteiger partial charge in [-0.1, -0.05) is 0 Å². The van der Waals surface area contributed by atoms with Crippen LogP contribution in [0.25, 0.3) is 11.4 Å². The van der Waals surface area contributed by atoms with Gasteiger partial charge in [0.2, 0.25) is 5.95 Å². The Labute approximate surface area is 146 Å². The second kappa shape index (κ2) is 6.41. The number of nitrogens with zero attached hydrogens (tertiary/aromatic N) is 3. The number of aryl methyl sites for hydroxylation is 1. The van der Waals surface area contributed by atoms with Crippen LogP contribution >= 0.6 is 12.4 Å². The van der Waals surface area contributed by atoms with Crippen LogP contribution in [-0.2, 0) is 12.8 Å². The maximum Gasteiger partial charge on any atom is 0.250 e. The van der Waals surface area contributed by atoms with E-state index in [1.165, 1.54) is 0 Å². The van der Waals surface area contributed by atoms with Crippen molar-refractivity contribution < 1.29 is 4.79 Å². The van der Waals surface area contributed by atoms with Crippen LogP contribution in [0.5, 0.6) is 0 Å². The van der Waals surface area contributed by atoms with E-state index >= 15 is 0 Å². The molecule has 2 aliphatic rings. The molecule has 24 heavy (non-hydrogen) atoms. The number of primary amides is 1. The molecular weight excluding hydrogens is 328 g/mol. The number of carbonyl (C=O) groups excluding carboxylic acids is 1. The third-order valence-electron chi connectivity index (χ3n) is 4.86. The van der Waals surface area contributed by atoms with Gasteiger partial charge in [0.05, 0.1) is 17.0 Å². The molecule has 128 valence electrons. The molecule has 1 saturated heterocycles. The Hall–Kier alpha value is -2.12. The summed E-state index contributed by atoms with van der Waals surface area (Å²) in [7, 11) is 0. The number of anilines is 1. The average Bonchev–Trinajstić information content (AvgIpc) is 2.96. The van der Waals surface area contributed by atoms with Gasteiger partial charge in [-0.15, -0.1) is 12.4 Å². The Morgan fingerprint density at radius 2 is 2.04 bits per heavy atom. The molecule has 0 unspecified atom stereocenters. The summed E-state index contributed by atoms with van der Waals surface area (Å²) in [6.45, 7) is 1.95. The van der Waals surface area contributed by atoms with Crippen molar-refractivity contribution in [3.05, 3.63) is 29.1 Å². The summed E-state index contributed by atoms with van der Waals surface area (Å²) in [6, 6.07) is 0.347. The summed E-state index contributed by atoms with van der Waals surface area (Å²) >= 11 is 0. The molecule has 0 radical (unpaired) electrons. The summed E-state index contributed by atoms with van der Waals surface area (Å²) in [4.78, 5) is 20.5. The molecule has 1 fully saturated rings. The number of amides is 1. The van der Waals surface area contributed by atoms with Crippen LogP contribution in [0.15, 0.2) is 12.4 Å². The van der Waals surface area contributed by atoms with Gasteiger partial charge in [-0.25, -0.2) is 9.97 Å². The van der Waals surface area contributed by atoms with E-state index in [1.54, 1.807) is 6.20 Å². The largest absolute Gasteiger partial charge is 0.368 e. The van der Waals surface area contributed by atoms with Gasteiger partial charge in [-0.3, -0.25) is 4.79 Å². The number of carbonyl (C=O) groups is 1. The zero-order valence-electron chi connectivity index (χ0n) is 13.3. The lowest BCUT2D eigenvalue weighted by Crippen LogP contribution is -2.29. The third-order valence-corrected chi connectivity index (χ3v) is 4.86. The summed E-state index contributed by atoms with van der Waals surface area (Å²) in [5.41, 5.74) is 16.0. The fraction of sp³-hybridized carbons (Fsp3) is 0.438. The van der Waals surface area contributed by atoms with Crippen LogP contribution in [-0.4, -0.2) is 33.5 Å². The lowest BCUT2D eigenvalue weighted by Gasteiger charge is -2.28. The van der Waals surface area contributed by atoms with Gasteiger partial charge in [-0.2, -0.15) is 0 Å². The summed E-state index contributed by atoms with van der Waals surface area (Å²) in [5.74, 6) is -0.116. The average molecular weight is 349 g/mol. The van der Waals surface area contributed by atoms with E-state index in [1.807, 2.05) is 6.20 Å². The van der Waals surface area contributed by atoms with Crippen molar-refractivity contribution in [3.8, 4) is 11.4 Å². The maximum atomic E-state index is 11.9. The number of rotatable bonds is 2. The van der Waals surface area contributed by atoms with Crippen molar-refractivity contribution in [2.75, 3.05) is 18.8 Å². The van der Waals surface area contributed by atoms with Crippen molar-refractivity contribution in [2.24, 2.45) is 5.73 Å². The molecule has 7 nitrogen and oxygen atoms in total. The highest BCUT2D eigenvalue weighted by atomic mass is 35.5. The zero-order chi connectivity index (χ0) is 16.0. The molecule has 1 aliphatic heterocycles. The molecule has 0 atom stereocenters. The first-order valence-corrected chi connectivity index (χ1v) is 8.01. The molecule has 0 saturated carbocycles. The van der Waals surface area contributed by atoms with E-state index in [0.29, 0.717) is 11.6 Å². The Morgan fingerprint density at radius 3 is 2.75 bits per heavy atom. The number of fused-ring (bicyclic) bond motifs is 3. The number of nitrogens with one attached hydrogen (secondary N) is 1. The molecular formula is C16H21ClN6O.